The first-order valence-corrected chi connectivity index (χ1v) is 7.10. The number of carbonyl (C=O) groups is 1. The third-order valence-electron chi connectivity index (χ3n) is 3.01. The summed E-state index contributed by atoms with van der Waals surface area (Å²) in [7, 11) is 0. The van der Waals surface area contributed by atoms with Gasteiger partial charge in [-0.25, -0.2) is 0 Å². The molecule has 1 aliphatic rings. The number of thiophene rings is 1. The zero-order valence-electron chi connectivity index (χ0n) is 8.68. The number of hydrogen-bond donors (Lipinski definition) is 1. The fourth-order valence-electron chi connectivity index (χ4n) is 1.80. The summed E-state index contributed by atoms with van der Waals surface area (Å²) in [5, 5.41) is 5.97. The largest absolute Gasteiger partial charge is 0.345 e. The van der Waals surface area contributed by atoms with E-state index in [1.54, 1.807) is 0 Å². The standard InChI is InChI=1S/C11H14BrNOS/c1-8-3-6-15-9(8)10(14)13-11(7-12)4-2-5-11/h3,6H,2,4-5,7H2,1H3,(H,13,14). The van der Waals surface area contributed by atoms with Crippen molar-refractivity contribution in [2.45, 2.75) is 31.7 Å². The molecule has 0 atom stereocenters. The van der Waals surface area contributed by atoms with Gasteiger partial charge >= 0.3 is 0 Å². The lowest BCUT2D eigenvalue weighted by molar-refractivity contribution is 0.0860. The summed E-state index contributed by atoms with van der Waals surface area (Å²) >= 11 is 5.00. The molecule has 2 rings (SSSR count). The second kappa shape index (κ2) is 4.26. The number of halogens is 1. The molecule has 0 bridgehead atoms. The molecule has 1 aromatic rings. The van der Waals surface area contributed by atoms with Crippen molar-refractivity contribution in [3.63, 3.8) is 0 Å². The lowest BCUT2D eigenvalue weighted by Gasteiger charge is -2.41. The number of rotatable bonds is 3. The topological polar surface area (TPSA) is 29.1 Å². The summed E-state index contributed by atoms with van der Waals surface area (Å²) in [6, 6.07) is 1.99. The molecule has 15 heavy (non-hydrogen) atoms. The number of carbonyl (C=O) groups excluding carboxylic acids is 1. The first-order chi connectivity index (χ1) is 7.17. The zero-order valence-corrected chi connectivity index (χ0v) is 11.1. The number of nitrogens with one attached hydrogen (secondary N) is 1. The van der Waals surface area contributed by atoms with Gasteiger partial charge in [-0.1, -0.05) is 15.9 Å². The highest BCUT2D eigenvalue weighted by molar-refractivity contribution is 9.09. The van der Waals surface area contributed by atoms with Crippen molar-refractivity contribution in [1.29, 1.82) is 0 Å². The predicted octanol–water partition coefficient (Wildman–Crippen LogP) is 3.10. The quantitative estimate of drug-likeness (QED) is 0.851. The smallest absolute Gasteiger partial charge is 0.262 e. The van der Waals surface area contributed by atoms with Crippen LogP contribution < -0.4 is 5.32 Å². The van der Waals surface area contributed by atoms with Crippen LogP contribution in [0.3, 0.4) is 0 Å². The zero-order chi connectivity index (χ0) is 10.9. The Bertz CT molecular complexity index is 365. The molecule has 1 aliphatic carbocycles. The molecule has 4 heteroatoms. The third kappa shape index (κ3) is 2.11. The van der Waals surface area contributed by atoms with Gasteiger partial charge in [0.25, 0.3) is 5.91 Å². The minimum Gasteiger partial charge on any atom is -0.345 e. The van der Waals surface area contributed by atoms with Crippen LogP contribution in [0.15, 0.2) is 11.4 Å². The normalized spacial score (nSPS) is 18.3. The molecular formula is C11H14BrNOS. The Balaban J connectivity index is 2.07. The Labute approximate surface area is 102 Å². The van der Waals surface area contributed by atoms with E-state index in [4.69, 9.17) is 0 Å². The molecule has 2 nitrogen and oxygen atoms in total. The van der Waals surface area contributed by atoms with Crippen LogP contribution in [-0.4, -0.2) is 16.8 Å². The average Bonchev–Trinajstić information content (AvgIpc) is 2.58. The van der Waals surface area contributed by atoms with E-state index in [2.05, 4.69) is 21.2 Å². The summed E-state index contributed by atoms with van der Waals surface area (Å²) < 4.78 is 0. The number of amides is 1. The maximum absolute atomic E-state index is 12.0. The molecule has 1 aromatic heterocycles. The summed E-state index contributed by atoms with van der Waals surface area (Å²) in [6.45, 7) is 1.98. The summed E-state index contributed by atoms with van der Waals surface area (Å²) in [6.07, 6.45) is 3.40. The molecule has 0 aliphatic heterocycles. The molecule has 1 fully saturated rings. The van der Waals surface area contributed by atoms with Gasteiger partial charge in [-0.05, 0) is 43.2 Å². The number of hydrogen-bond acceptors (Lipinski definition) is 2. The maximum Gasteiger partial charge on any atom is 0.262 e. The van der Waals surface area contributed by atoms with Gasteiger partial charge < -0.3 is 5.32 Å². The Morgan fingerprint density at radius 3 is 2.80 bits per heavy atom. The minimum atomic E-state index is 0.0213. The third-order valence-corrected chi connectivity index (χ3v) is 5.10. The molecular weight excluding hydrogens is 274 g/mol. The summed E-state index contributed by atoms with van der Waals surface area (Å²) in [4.78, 5) is 12.8. The highest BCUT2D eigenvalue weighted by Crippen LogP contribution is 2.34. The molecule has 1 amide bonds. The van der Waals surface area contributed by atoms with Crippen LogP contribution in [0.25, 0.3) is 0 Å². The predicted molar refractivity (Wildman–Crippen MR) is 66.9 cm³/mol. The SMILES string of the molecule is Cc1ccsc1C(=O)NC1(CBr)CCC1. The van der Waals surface area contributed by atoms with E-state index >= 15 is 0 Å². The Morgan fingerprint density at radius 2 is 2.40 bits per heavy atom. The highest BCUT2D eigenvalue weighted by Gasteiger charge is 2.37. The van der Waals surface area contributed by atoms with Crippen molar-refractivity contribution in [2.24, 2.45) is 0 Å². The van der Waals surface area contributed by atoms with Gasteiger partial charge in [0, 0.05) is 5.33 Å². The van der Waals surface area contributed by atoms with Crippen LogP contribution in [0.5, 0.6) is 0 Å². The minimum absolute atomic E-state index is 0.0213. The molecule has 82 valence electrons. The Kier molecular flexibility index (Phi) is 3.16. The lowest BCUT2D eigenvalue weighted by atomic mass is 9.78. The lowest BCUT2D eigenvalue weighted by Crippen LogP contribution is -2.54. The second-order valence-electron chi connectivity index (χ2n) is 4.15. The number of aryl methyl sites for hydroxylation is 1. The molecule has 0 spiro atoms. The van der Waals surface area contributed by atoms with E-state index in [9.17, 15) is 4.79 Å². The van der Waals surface area contributed by atoms with Crippen LogP contribution in [0.4, 0.5) is 0 Å². The second-order valence-corrected chi connectivity index (χ2v) is 5.63. The highest BCUT2D eigenvalue weighted by atomic mass is 79.9. The van der Waals surface area contributed by atoms with Gasteiger partial charge in [0.2, 0.25) is 0 Å². The van der Waals surface area contributed by atoms with Crippen LogP contribution in [0, 0.1) is 6.92 Å². The molecule has 0 aromatic carbocycles. The van der Waals surface area contributed by atoms with Gasteiger partial charge in [-0.15, -0.1) is 11.3 Å². The maximum atomic E-state index is 12.0. The van der Waals surface area contributed by atoms with E-state index in [1.807, 2.05) is 18.4 Å². The molecule has 1 saturated carbocycles. The van der Waals surface area contributed by atoms with E-state index < -0.39 is 0 Å². The summed E-state index contributed by atoms with van der Waals surface area (Å²) in [5.74, 6) is 0.0849. The van der Waals surface area contributed by atoms with Crippen molar-refractivity contribution in [2.75, 3.05) is 5.33 Å². The molecule has 0 saturated heterocycles. The van der Waals surface area contributed by atoms with Gasteiger partial charge in [0.1, 0.15) is 0 Å². The van der Waals surface area contributed by atoms with Gasteiger partial charge in [0.05, 0.1) is 10.4 Å². The van der Waals surface area contributed by atoms with Crippen LogP contribution in [-0.2, 0) is 0 Å². The first kappa shape index (κ1) is 11.1. The van der Waals surface area contributed by atoms with Crippen LogP contribution in [0.2, 0.25) is 0 Å². The number of alkyl halides is 1. The van der Waals surface area contributed by atoms with Gasteiger partial charge in [-0.2, -0.15) is 0 Å². The van der Waals surface area contributed by atoms with E-state index in [0.29, 0.717) is 0 Å². The fraction of sp³-hybridized carbons (Fsp3) is 0.545. The fourth-order valence-corrected chi connectivity index (χ4v) is 3.32. The molecule has 0 radical (unpaired) electrons. The molecule has 1 heterocycles. The molecule has 1 N–H and O–H groups in total. The van der Waals surface area contributed by atoms with E-state index in [-0.39, 0.29) is 11.4 Å². The Hall–Kier alpha value is -0.350. The van der Waals surface area contributed by atoms with Gasteiger partial charge in [0.15, 0.2) is 0 Å². The summed E-state index contributed by atoms with van der Waals surface area (Å²) in [5.41, 5.74) is 1.09. The van der Waals surface area contributed by atoms with Gasteiger partial charge in [-0.3, -0.25) is 4.79 Å². The van der Waals surface area contributed by atoms with Crippen molar-refractivity contribution < 1.29 is 4.79 Å². The van der Waals surface area contributed by atoms with E-state index in [0.717, 1.165) is 28.6 Å². The monoisotopic (exact) mass is 287 g/mol. The Morgan fingerprint density at radius 1 is 1.67 bits per heavy atom. The molecule has 0 unspecified atom stereocenters. The van der Waals surface area contributed by atoms with Crippen molar-refractivity contribution >= 4 is 33.2 Å². The first-order valence-electron chi connectivity index (χ1n) is 5.09. The van der Waals surface area contributed by atoms with Crippen molar-refractivity contribution in [3.8, 4) is 0 Å². The van der Waals surface area contributed by atoms with E-state index in [1.165, 1.54) is 17.8 Å². The van der Waals surface area contributed by atoms with Crippen molar-refractivity contribution in [3.05, 3.63) is 21.9 Å². The van der Waals surface area contributed by atoms with Crippen LogP contribution >= 0.6 is 27.3 Å². The average molecular weight is 288 g/mol. The van der Waals surface area contributed by atoms with Crippen LogP contribution in [0.1, 0.15) is 34.5 Å². The van der Waals surface area contributed by atoms with Crippen molar-refractivity contribution in [1.82, 2.24) is 5.32 Å².